The zero-order chi connectivity index (χ0) is 21.6. The van der Waals surface area contributed by atoms with E-state index < -0.39 is 20.2 Å². The van der Waals surface area contributed by atoms with Crippen LogP contribution in [0.3, 0.4) is 0 Å². The van der Waals surface area contributed by atoms with E-state index in [9.17, 15) is 5.11 Å². The minimum absolute atomic E-state index is 0.0575. The SMILES string of the molecule is [2H]C([2H])([2H])Oc1cc2c(cc1OC([2H])([2H])[2H])[C@@H]1C[C@@H](O)[C@@H](CC(C)C)CN1CC2. The molecule has 4 nitrogen and oxygen atoms in total. The molecule has 3 atom stereocenters. The standard InChI is InChI=1S/C19H29NO3/c1-12(2)7-14-11-20-6-5-13-8-18(22-3)19(23-4)9-15(13)16(20)10-17(14)21/h8-9,12,14,16-17,21H,5-7,10-11H2,1-4H3/t14-,16-,17+/m0/s1/i3D3,4D3. The fourth-order valence-electron chi connectivity index (χ4n) is 4.10. The number of benzene rings is 1. The maximum atomic E-state index is 10.7. The molecule has 1 aromatic carbocycles. The summed E-state index contributed by atoms with van der Waals surface area (Å²) in [6, 6.07) is 3.10. The molecular weight excluding hydrogens is 290 g/mol. The van der Waals surface area contributed by atoms with Crippen LogP contribution in [0, 0.1) is 11.8 Å². The first kappa shape index (κ1) is 10.6. The quantitative estimate of drug-likeness (QED) is 0.924. The van der Waals surface area contributed by atoms with Crippen molar-refractivity contribution in [2.75, 3.05) is 27.2 Å². The lowest BCUT2D eigenvalue weighted by atomic mass is 9.79. The summed E-state index contributed by atoms with van der Waals surface area (Å²) in [5.41, 5.74) is 1.77. The number of hydrogen-bond donors (Lipinski definition) is 1. The number of aliphatic hydroxyl groups is 1. The normalized spacial score (nSPS) is 32.4. The number of nitrogens with zero attached hydrogens (tertiary/aromatic N) is 1. The van der Waals surface area contributed by atoms with Crippen LogP contribution in [0.2, 0.25) is 0 Å². The van der Waals surface area contributed by atoms with Crippen LogP contribution >= 0.6 is 0 Å². The first-order valence-electron chi connectivity index (χ1n) is 11.3. The molecule has 4 heteroatoms. The molecule has 0 amide bonds. The second kappa shape index (κ2) is 6.70. The third-order valence-electron chi connectivity index (χ3n) is 5.15. The summed E-state index contributed by atoms with van der Waals surface area (Å²) in [5, 5.41) is 10.7. The molecular formula is C19H29NO3. The van der Waals surface area contributed by atoms with E-state index >= 15 is 0 Å². The lowest BCUT2D eigenvalue weighted by Crippen LogP contribution is -2.48. The summed E-state index contributed by atoms with van der Waals surface area (Å²) in [5.74, 6) is 0.508. The fraction of sp³-hybridized carbons (Fsp3) is 0.684. The number of ether oxygens (including phenoxy) is 2. The predicted octanol–water partition coefficient (Wildman–Crippen LogP) is 3.03. The first-order valence-corrected chi connectivity index (χ1v) is 8.29. The lowest BCUT2D eigenvalue weighted by Gasteiger charge is -2.46. The van der Waals surface area contributed by atoms with E-state index in [4.69, 9.17) is 17.7 Å². The van der Waals surface area contributed by atoms with E-state index in [1.165, 1.54) is 0 Å². The maximum absolute atomic E-state index is 10.7. The van der Waals surface area contributed by atoms with Crippen LogP contribution in [0.1, 0.15) is 52.1 Å². The van der Waals surface area contributed by atoms with Crippen LogP contribution in [0.4, 0.5) is 0 Å². The molecule has 3 rings (SSSR count). The first-order chi connectivity index (χ1) is 13.3. The van der Waals surface area contributed by atoms with Crippen molar-refractivity contribution in [2.45, 2.75) is 45.3 Å². The monoisotopic (exact) mass is 325 g/mol. The van der Waals surface area contributed by atoms with Crippen LogP contribution in [-0.2, 0) is 6.42 Å². The van der Waals surface area contributed by atoms with Gasteiger partial charge in [-0.15, -0.1) is 0 Å². The van der Waals surface area contributed by atoms with Crippen molar-refractivity contribution in [1.82, 2.24) is 4.90 Å². The Morgan fingerprint density at radius 1 is 1.30 bits per heavy atom. The number of methoxy groups -OCH3 is 2. The maximum Gasteiger partial charge on any atom is 0.161 e. The molecule has 0 unspecified atom stereocenters. The number of rotatable bonds is 4. The Morgan fingerprint density at radius 2 is 2.04 bits per heavy atom. The van der Waals surface area contributed by atoms with Crippen molar-refractivity contribution in [3.05, 3.63) is 23.3 Å². The summed E-state index contributed by atoms with van der Waals surface area (Å²) in [7, 11) is -5.45. The van der Waals surface area contributed by atoms with Crippen molar-refractivity contribution >= 4 is 0 Å². The van der Waals surface area contributed by atoms with Crippen LogP contribution < -0.4 is 9.47 Å². The van der Waals surface area contributed by atoms with E-state index in [2.05, 4.69) is 18.7 Å². The smallest absolute Gasteiger partial charge is 0.161 e. The Hall–Kier alpha value is -1.26. The topological polar surface area (TPSA) is 41.9 Å². The van der Waals surface area contributed by atoms with Crippen LogP contribution in [0.15, 0.2) is 12.1 Å². The van der Waals surface area contributed by atoms with Gasteiger partial charge in [0.1, 0.15) is 0 Å². The Labute approximate surface area is 147 Å². The molecule has 1 saturated heterocycles. The van der Waals surface area contributed by atoms with Gasteiger partial charge in [-0.05, 0) is 54.4 Å². The molecule has 2 heterocycles. The largest absolute Gasteiger partial charge is 0.493 e. The van der Waals surface area contributed by atoms with Crippen molar-refractivity contribution in [1.29, 1.82) is 0 Å². The zero-order valence-electron chi connectivity index (χ0n) is 19.7. The lowest BCUT2D eigenvalue weighted by molar-refractivity contribution is -0.0191. The van der Waals surface area contributed by atoms with Gasteiger partial charge in [-0.3, -0.25) is 4.90 Å². The van der Waals surface area contributed by atoms with Gasteiger partial charge in [-0.25, -0.2) is 0 Å². The van der Waals surface area contributed by atoms with E-state index in [1.54, 1.807) is 12.1 Å². The molecule has 0 bridgehead atoms. The van der Waals surface area contributed by atoms with Gasteiger partial charge in [0.2, 0.25) is 0 Å². The molecule has 0 radical (unpaired) electrons. The summed E-state index contributed by atoms with van der Waals surface area (Å²) >= 11 is 0. The molecule has 0 aliphatic carbocycles. The van der Waals surface area contributed by atoms with E-state index in [1.807, 2.05) is 0 Å². The Balaban J connectivity index is 1.94. The number of fused-ring (bicyclic) bond motifs is 3. The average molecular weight is 325 g/mol. The second-order valence-corrected chi connectivity index (χ2v) is 7.16. The molecule has 1 N–H and O–H groups in total. The van der Waals surface area contributed by atoms with Gasteiger partial charge < -0.3 is 14.6 Å². The van der Waals surface area contributed by atoms with Crippen molar-refractivity contribution < 1.29 is 22.8 Å². The highest BCUT2D eigenvalue weighted by Gasteiger charge is 2.38. The van der Waals surface area contributed by atoms with Crippen molar-refractivity contribution in [3.63, 3.8) is 0 Å². The Bertz CT molecular complexity index is 734. The minimum atomic E-state index is -2.73. The summed E-state index contributed by atoms with van der Waals surface area (Å²) in [4.78, 5) is 2.32. The summed E-state index contributed by atoms with van der Waals surface area (Å²) in [6.07, 6.45) is 1.77. The average Bonchev–Trinajstić information content (AvgIpc) is 2.53. The highest BCUT2D eigenvalue weighted by atomic mass is 16.5. The predicted molar refractivity (Wildman–Crippen MR) is 91.1 cm³/mol. The van der Waals surface area contributed by atoms with Gasteiger partial charge in [0.05, 0.1) is 28.4 Å². The third kappa shape index (κ3) is 3.20. The third-order valence-corrected chi connectivity index (χ3v) is 5.15. The molecule has 2 aliphatic rings. The van der Waals surface area contributed by atoms with Gasteiger partial charge in [0, 0.05) is 19.1 Å². The van der Waals surface area contributed by atoms with Gasteiger partial charge in [-0.1, -0.05) is 13.8 Å². The van der Waals surface area contributed by atoms with Gasteiger partial charge in [0.25, 0.3) is 0 Å². The number of piperidine rings is 1. The van der Waals surface area contributed by atoms with E-state index in [0.717, 1.165) is 30.6 Å². The fourth-order valence-corrected chi connectivity index (χ4v) is 4.10. The Kier molecular flexibility index (Phi) is 3.08. The summed E-state index contributed by atoms with van der Waals surface area (Å²) in [6.45, 7) is 5.88. The Morgan fingerprint density at radius 3 is 2.74 bits per heavy atom. The highest BCUT2D eigenvalue weighted by Crippen LogP contribution is 2.43. The highest BCUT2D eigenvalue weighted by molar-refractivity contribution is 5.49. The van der Waals surface area contributed by atoms with Crippen LogP contribution in [0.5, 0.6) is 11.5 Å². The van der Waals surface area contributed by atoms with E-state index in [0.29, 0.717) is 18.8 Å². The molecule has 0 spiro atoms. The molecule has 1 aromatic rings. The second-order valence-electron chi connectivity index (χ2n) is 7.16. The molecule has 0 aromatic heterocycles. The molecule has 128 valence electrons. The van der Waals surface area contributed by atoms with Crippen LogP contribution in [0.25, 0.3) is 0 Å². The van der Waals surface area contributed by atoms with Gasteiger partial charge >= 0.3 is 0 Å². The number of hydrogen-bond acceptors (Lipinski definition) is 4. The molecule has 23 heavy (non-hydrogen) atoms. The van der Waals surface area contributed by atoms with Crippen LogP contribution in [-0.4, -0.2) is 43.3 Å². The summed E-state index contributed by atoms with van der Waals surface area (Å²) < 4.78 is 54.4. The van der Waals surface area contributed by atoms with Crippen molar-refractivity contribution in [3.8, 4) is 11.5 Å². The molecule has 0 saturated carbocycles. The zero-order valence-corrected chi connectivity index (χ0v) is 13.7. The van der Waals surface area contributed by atoms with E-state index in [-0.39, 0.29) is 23.5 Å². The minimum Gasteiger partial charge on any atom is -0.493 e. The van der Waals surface area contributed by atoms with Gasteiger partial charge in [0.15, 0.2) is 11.5 Å². The van der Waals surface area contributed by atoms with Gasteiger partial charge in [-0.2, -0.15) is 0 Å². The van der Waals surface area contributed by atoms with Crippen molar-refractivity contribution in [2.24, 2.45) is 11.8 Å². The molecule has 1 fully saturated rings. The molecule has 2 aliphatic heterocycles. The number of aliphatic hydroxyl groups excluding tert-OH is 1.